The number of carboxylic acid groups (broad SMARTS) is 1. The van der Waals surface area contributed by atoms with Crippen molar-refractivity contribution in [2.75, 3.05) is 13.2 Å². The van der Waals surface area contributed by atoms with Crippen LogP contribution < -0.4 is 0 Å². The van der Waals surface area contributed by atoms with Crippen molar-refractivity contribution in [3.8, 4) is 0 Å². The second-order valence-electron chi connectivity index (χ2n) is 4.14. The van der Waals surface area contributed by atoms with Crippen LogP contribution in [0.2, 0.25) is 0 Å². The minimum atomic E-state index is -0.935. The molecule has 0 heterocycles. The third-order valence-corrected chi connectivity index (χ3v) is 2.00. The normalized spacial score (nSPS) is 9.00. The molecule has 0 saturated heterocycles. The molecule has 5 heteroatoms. The Morgan fingerprint density at radius 1 is 1.00 bits per heavy atom. The van der Waals surface area contributed by atoms with Crippen LogP contribution in [-0.2, 0) is 14.3 Å². The minimum Gasteiger partial charge on any atom is -0.478 e. The Morgan fingerprint density at radius 3 is 1.84 bits per heavy atom. The van der Waals surface area contributed by atoms with Crippen molar-refractivity contribution in [3.63, 3.8) is 0 Å². The van der Waals surface area contributed by atoms with E-state index in [9.17, 15) is 9.59 Å². The first kappa shape index (κ1) is 19.7. The number of esters is 1. The number of unbranched alkanes of at least 4 members (excludes halogenated alkanes) is 3. The summed E-state index contributed by atoms with van der Waals surface area (Å²) < 4.78 is 4.88. The highest BCUT2D eigenvalue weighted by Gasteiger charge is 2.01. The van der Waals surface area contributed by atoms with Crippen molar-refractivity contribution in [3.05, 3.63) is 24.3 Å². The average molecular weight is 272 g/mol. The smallest absolute Gasteiger partial charge is 0.333 e. The van der Waals surface area contributed by atoms with E-state index in [0.29, 0.717) is 12.2 Å². The highest BCUT2D eigenvalue weighted by atomic mass is 16.5. The summed E-state index contributed by atoms with van der Waals surface area (Å²) in [5.41, 5.74) is 0.616. The van der Waals surface area contributed by atoms with Crippen molar-refractivity contribution in [1.82, 2.24) is 0 Å². The molecule has 110 valence electrons. The molecule has 0 atom stereocenters. The number of hydrogen-bond donors (Lipinski definition) is 2. The van der Waals surface area contributed by atoms with Crippen molar-refractivity contribution in [2.45, 2.75) is 39.5 Å². The van der Waals surface area contributed by atoms with Gasteiger partial charge in [-0.15, -0.1) is 0 Å². The molecule has 0 saturated carbocycles. The number of hydrogen-bond acceptors (Lipinski definition) is 4. The summed E-state index contributed by atoms with van der Waals surface area (Å²) in [4.78, 5) is 20.5. The predicted molar refractivity (Wildman–Crippen MR) is 73.8 cm³/mol. The highest BCUT2D eigenvalue weighted by Crippen LogP contribution is 2.00. The van der Waals surface area contributed by atoms with Crippen LogP contribution in [0.1, 0.15) is 39.5 Å². The van der Waals surface area contributed by atoms with Gasteiger partial charge in [-0.25, -0.2) is 9.59 Å². The zero-order chi connectivity index (χ0) is 15.3. The molecule has 0 aromatic heterocycles. The first-order chi connectivity index (χ1) is 8.82. The van der Waals surface area contributed by atoms with Gasteiger partial charge in [0.1, 0.15) is 0 Å². The zero-order valence-corrected chi connectivity index (χ0v) is 11.8. The number of aliphatic hydroxyl groups is 1. The summed E-state index contributed by atoms with van der Waals surface area (Å²) in [6.45, 7) is 10.4. The van der Waals surface area contributed by atoms with Gasteiger partial charge in [0.15, 0.2) is 0 Å². The molecule has 0 spiro atoms. The Hall–Kier alpha value is -1.62. The second-order valence-corrected chi connectivity index (χ2v) is 4.14. The summed E-state index contributed by atoms with van der Waals surface area (Å²) in [6.07, 6.45) is 3.67. The Morgan fingerprint density at radius 2 is 1.47 bits per heavy atom. The highest BCUT2D eigenvalue weighted by molar-refractivity contribution is 5.86. The standard InChI is InChI=1S/C10H18O3.C4H6O2/c1-9(2)10(12)13-8-6-4-3-5-7-11;1-3(2)4(5)6/h11H,1,3-8H2,2H3;1H2,2H3,(H,5,6). The number of carbonyl (C=O) groups excluding carboxylic acids is 1. The van der Waals surface area contributed by atoms with Gasteiger partial charge in [0.2, 0.25) is 0 Å². The quantitative estimate of drug-likeness (QED) is 0.402. The Kier molecular flexibility index (Phi) is 13.3. The van der Waals surface area contributed by atoms with E-state index in [1.54, 1.807) is 6.92 Å². The Labute approximate surface area is 114 Å². The summed E-state index contributed by atoms with van der Waals surface area (Å²) in [5.74, 6) is -1.25. The van der Waals surface area contributed by atoms with Crippen molar-refractivity contribution in [1.29, 1.82) is 0 Å². The fourth-order valence-corrected chi connectivity index (χ4v) is 0.855. The van der Waals surface area contributed by atoms with E-state index in [-0.39, 0.29) is 18.1 Å². The molecule has 0 unspecified atom stereocenters. The minimum absolute atomic E-state index is 0.176. The number of rotatable bonds is 8. The van der Waals surface area contributed by atoms with Crippen LogP contribution in [0.5, 0.6) is 0 Å². The van der Waals surface area contributed by atoms with Crippen LogP contribution in [0.15, 0.2) is 24.3 Å². The van der Waals surface area contributed by atoms with Crippen molar-refractivity contribution >= 4 is 11.9 Å². The largest absolute Gasteiger partial charge is 0.478 e. The van der Waals surface area contributed by atoms with E-state index in [2.05, 4.69) is 13.2 Å². The first-order valence-electron chi connectivity index (χ1n) is 6.15. The van der Waals surface area contributed by atoms with E-state index in [1.807, 2.05) is 0 Å². The van der Waals surface area contributed by atoms with Gasteiger partial charge in [0.25, 0.3) is 0 Å². The molecule has 0 aliphatic heterocycles. The molecular weight excluding hydrogens is 248 g/mol. The van der Waals surface area contributed by atoms with Gasteiger partial charge in [-0.2, -0.15) is 0 Å². The third kappa shape index (κ3) is 16.4. The van der Waals surface area contributed by atoms with Gasteiger partial charge in [0, 0.05) is 17.8 Å². The lowest BCUT2D eigenvalue weighted by molar-refractivity contribution is -0.139. The van der Waals surface area contributed by atoms with Gasteiger partial charge >= 0.3 is 11.9 Å². The van der Waals surface area contributed by atoms with Gasteiger partial charge < -0.3 is 14.9 Å². The van der Waals surface area contributed by atoms with E-state index in [0.717, 1.165) is 25.7 Å². The first-order valence-corrected chi connectivity index (χ1v) is 6.15. The van der Waals surface area contributed by atoms with Gasteiger partial charge in [-0.05, 0) is 33.1 Å². The predicted octanol–water partition coefficient (Wildman–Crippen LogP) is 2.31. The number of carboxylic acids is 1. The summed E-state index contributed by atoms with van der Waals surface area (Å²) in [5, 5.41) is 16.4. The fraction of sp³-hybridized carbons (Fsp3) is 0.571. The van der Waals surface area contributed by atoms with E-state index in [1.165, 1.54) is 6.92 Å². The van der Waals surface area contributed by atoms with Crippen molar-refractivity contribution < 1.29 is 24.5 Å². The molecule has 0 fully saturated rings. The molecule has 2 N–H and O–H groups in total. The number of carbonyl (C=O) groups is 2. The SMILES string of the molecule is C=C(C)C(=O)O.C=C(C)C(=O)OCCCCCCO. The van der Waals surface area contributed by atoms with Gasteiger partial charge in [-0.1, -0.05) is 19.6 Å². The van der Waals surface area contributed by atoms with Gasteiger partial charge in [0.05, 0.1) is 6.61 Å². The molecule has 0 radical (unpaired) electrons. The van der Waals surface area contributed by atoms with E-state index < -0.39 is 5.97 Å². The number of ether oxygens (including phenoxy) is 1. The second kappa shape index (κ2) is 12.8. The van der Waals surface area contributed by atoms with Crippen LogP contribution in [0.25, 0.3) is 0 Å². The molecule has 5 nitrogen and oxygen atoms in total. The molecular formula is C14H24O5. The summed E-state index contributed by atoms with van der Waals surface area (Å²) in [6, 6.07) is 0. The van der Waals surface area contributed by atoms with Crippen LogP contribution >= 0.6 is 0 Å². The summed E-state index contributed by atoms with van der Waals surface area (Å²) in [7, 11) is 0. The fourth-order valence-electron chi connectivity index (χ4n) is 0.855. The maximum atomic E-state index is 10.9. The van der Waals surface area contributed by atoms with E-state index in [4.69, 9.17) is 14.9 Å². The van der Waals surface area contributed by atoms with Crippen LogP contribution in [0.3, 0.4) is 0 Å². The maximum absolute atomic E-state index is 10.9. The molecule has 0 aliphatic rings. The van der Waals surface area contributed by atoms with Crippen molar-refractivity contribution in [2.24, 2.45) is 0 Å². The zero-order valence-electron chi connectivity index (χ0n) is 11.8. The summed E-state index contributed by atoms with van der Waals surface area (Å²) >= 11 is 0. The molecule has 0 amide bonds. The lowest BCUT2D eigenvalue weighted by Crippen LogP contribution is -2.06. The monoisotopic (exact) mass is 272 g/mol. The number of aliphatic hydroxyl groups excluding tert-OH is 1. The van der Waals surface area contributed by atoms with E-state index >= 15 is 0 Å². The molecule has 0 aromatic rings. The lowest BCUT2D eigenvalue weighted by Gasteiger charge is -2.03. The molecule has 19 heavy (non-hydrogen) atoms. The third-order valence-electron chi connectivity index (χ3n) is 2.00. The average Bonchev–Trinajstić information content (AvgIpc) is 2.33. The lowest BCUT2D eigenvalue weighted by atomic mass is 10.2. The number of aliphatic carboxylic acids is 1. The van der Waals surface area contributed by atoms with Crippen LogP contribution in [0.4, 0.5) is 0 Å². The molecule has 0 aromatic carbocycles. The Balaban J connectivity index is 0. The Bertz CT molecular complexity index is 295. The van der Waals surface area contributed by atoms with Gasteiger partial charge in [-0.3, -0.25) is 0 Å². The maximum Gasteiger partial charge on any atom is 0.333 e. The van der Waals surface area contributed by atoms with Crippen LogP contribution in [0, 0.1) is 0 Å². The molecule has 0 bridgehead atoms. The topological polar surface area (TPSA) is 83.8 Å². The van der Waals surface area contributed by atoms with Crippen LogP contribution in [-0.4, -0.2) is 35.4 Å². The molecule has 0 rings (SSSR count). The molecule has 0 aliphatic carbocycles.